The van der Waals surface area contributed by atoms with Crippen molar-refractivity contribution >= 4 is 15.9 Å². The highest BCUT2D eigenvalue weighted by atomic mass is 32.2. The first-order chi connectivity index (χ1) is 12.2. The lowest BCUT2D eigenvalue weighted by Crippen LogP contribution is -2.51. The Hall–Kier alpha value is -0.660. The fourth-order valence-electron chi connectivity index (χ4n) is 4.07. The van der Waals surface area contributed by atoms with Gasteiger partial charge in [-0.2, -0.15) is 0 Å². The minimum atomic E-state index is -3.13. The molecule has 2 rings (SSSR count). The van der Waals surface area contributed by atoms with E-state index in [0.29, 0.717) is 44.4 Å². The molecular formula is C19H37N3O3S. The Morgan fingerprint density at radius 1 is 1.08 bits per heavy atom. The average Bonchev–Trinajstić information content (AvgIpc) is 2.63. The molecule has 6 nitrogen and oxygen atoms in total. The fraction of sp³-hybridized carbons (Fsp3) is 0.947. The van der Waals surface area contributed by atoms with Crippen LogP contribution >= 0.6 is 0 Å². The number of likely N-dealkylation sites (tertiary alicyclic amines) is 1. The van der Waals surface area contributed by atoms with E-state index in [-0.39, 0.29) is 17.6 Å². The van der Waals surface area contributed by atoms with Gasteiger partial charge in [0.25, 0.3) is 0 Å². The largest absolute Gasteiger partial charge is 0.354 e. The summed E-state index contributed by atoms with van der Waals surface area (Å²) in [6.07, 6.45) is 3.72. The van der Waals surface area contributed by atoms with Crippen molar-refractivity contribution in [1.82, 2.24) is 14.5 Å². The molecule has 2 aliphatic heterocycles. The van der Waals surface area contributed by atoms with Gasteiger partial charge >= 0.3 is 0 Å². The maximum absolute atomic E-state index is 12.6. The van der Waals surface area contributed by atoms with Crippen LogP contribution in [0.3, 0.4) is 0 Å². The van der Waals surface area contributed by atoms with E-state index in [4.69, 9.17) is 0 Å². The summed E-state index contributed by atoms with van der Waals surface area (Å²) in [5.41, 5.74) is 0. The number of nitrogens with one attached hydrogen (secondary N) is 1. The zero-order chi connectivity index (χ0) is 19.3. The third kappa shape index (κ3) is 5.67. The Morgan fingerprint density at radius 3 is 2.15 bits per heavy atom. The molecule has 2 aliphatic rings. The van der Waals surface area contributed by atoms with Crippen LogP contribution in [0.2, 0.25) is 0 Å². The van der Waals surface area contributed by atoms with Crippen molar-refractivity contribution in [2.24, 2.45) is 17.8 Å². The van der Waals surface area contributed by atoms with Crippen LogP contribution in [0.1, 0.15) is 53.4 Å². The van der Waals surface area contributed by atoms with Crippen molar-refractivity contribution in [3.05, 3.63) is 0 Å². The van der Waals surface area contributed by atoms with Gasteiger partial charge in [-0.25, -0.2) is 12.7 Å². The van der Waals surface area contributed by atoms with Crippen molar-refractivity contribution in [3.63, 3.8) is 0 Å². The molecule has 0 aromatic carbocycles. The van der Waals surface area contributed by atoms with Crippen molar-refractivity contribution in [3.8, 4) is 0 Å². The molecular weight excluding hydrogens is 350 g/mol. The van der Waals surface area contributed by atoms with Gasteiger partial charge in [0.15, 0.2) is 0 Å². The number of rotatable bonds is 7. The molecule has 152 valence electrons. The van der Waals surface area contributed by atoms with E-state index in [1.54, 1.807) is 6.92 Å². The number of carbonyl (C=O) groups excluding carboxylic acids is 1. The number of nitrogens with zero attached hydrogens (tertiary/aromatic N) is 2. The standard InChI is InChI=1S/C19H37N3O3S/c1-5-26(24,25)22-12-8-17(9-13-22)19(23)20-14-18(15(2)3)21-10-6-16(4)7-11-21/h15-18H,5-14H2,1-4H3,(H,20,23)/t18-/m0/s1. The van der Waals surface area contributed by atoms with Crippen LogP contribution in [0, 0.1) is 17.8 Å². The summed E-state index contributed by atoms with van der Waals surface area (Å²) in [7, 11) is -3.13. The third-order valence-electron chi connectivity index (χ3n) is 6.13. The molecule has 2 heterocycles. The van der Waals surface area contributed by atoms with Crippen LogP contribution in [0.5, 0.6) is 0 Å². The average molecular weight is 388 g/mol. The second-order valence-corrected chi connectivity index (χ2v) is 10.6. The number of carbonyl (C=O) groups is 1. The quantitative estimate of drug-likeness (QED) is 0.725. The van der Waals surface area contributed by atoms with Crippen LogP contribution in [0.15, 0.2) is 0 Å². The highest BCUT2D eigenvalue weighted by molar-refractivity contribution is 7.89. The highest BCUT2D eigenvalue weighted by Crippen LogP contribution is 2.22. The molecule has 0 spiro atoms. The van der Waals surface area contributed by atoms with Crippen molar-refractivity contribution in [2.75, 3.05) is 38.5 Å². The first-order valence-electron chi connectivity index (χ1n) is 10.2. The molecule has 0 saturated carbocycles. The number of piperidine rings is 2. The molecule has 0 bridgehead atoms. The third-order valence-corrected chi connectivity index (χ3v) is 8.01. The maximum atomic E-state index is 12.6. The molecule has 0 unspecified atom stereocenters. The lowest BCUT2D eigenvalue weighted by molar-refractivity contribution is -0.126. The topological polar surface area (TPSA) is 69.7 Å². The molecule has 1 atom stereocenters. The molecule has 7 heteroatoms. The van der Waals surface area contributed by atoms with Gasteiger partial charge < -0.3 is 5.32 Å². The summed E-state index contributed by atoms with van der Waals surface area (Å²) in [6.45, 7) is 12.3. The predicted octanol–water partition coefficient (Wildman–Crippen LogP) is 1.92. The van der Waals surface area contributed by atoms with Crippen molar-refractivity contribution < 1.29 is 13.2 Å². The SMILES string of the molecule is CCS(=O)(=O)N1CCC(C(=O)NC[C@@H](C(C)C)N2CCC(C)CC2)CC1. The van der Waals surface area contributed by atoms with Gasteiger partial charge in [-0.3, -0.25) is 9.69 Å². The van der Waals surface area contributed by atoms with E-state index in [1.165, 1.54) is 17.1 Å². The van der Waals surface area contributed by atoms with Crippen LogP contribution in [0.25, 0.3) is 0 Å². The molecule has 0 aromatic heterocycles. The molecule has 0 aromatic rings. The molecule has 1 amide bonds. The Labute approximate surface area is 159 Å². The van der Waals surface area contributed by atoms with Crippen LogP contribution in [-0.2, 0) is 14.8 Å². The fourth-order valence-corrected chi connectivity index (χ4v) is 5.21. The zero-order valence-electron chi connectivity index (χ0n) is 16.9. The van der Waals surface area contributed by atoms with E-state index >= 15 is 0 Å². The van der Waals surface area contributed by atoms with Crippen LogP contribution in [0.4, 0.5) is 0 Å². The summed E-state index contributed by atoms with van der Waals surface area (Å²) in [5.74, 6) is 1.47. The molecule has 2 saturated heterocycles. The molecule has 1 N–H and O–H groups in total. The monoisotopic (exact) mass is 387 g/mol. The van der Waals surface area contributed by atoms with Crippen molar-refractivity contribution in [1.29, 1.82) is 0 Å². The van der Waals surface area contributed by atoms with Crippen LogP contribution < -0.4 is 5.32 Å². The van der Waals surface area contributed by atoms with Gasteiger partial charge in [0.2, 0.25) is 15.9 Å². The van der Waals surface area contributed by atoms with E-state index in [1.807, 2.05) is 0 Å². The first kappa shape index (κ1) is 21.6. The molecule has 0 aliphatic carbocycles. The minimum Gasteiger partial charge on any atom is -0.354 e. The number of hydrogen-bond donors (Lipinski definition) is 1. The summed E-state index contributed by atoms with van der Waals surface area (Å²) in [6, 6.07) is 0.381. The Bertz CT molecular complexity index is 548. The summed E-state index contributed by atoms with van der Waals surface area (Å²) < 4.78 is 25.4. The Balaban J connectivity index is 1.81. The van der Waals surface area contributed by atoms with E-state index in [9.17, 15) is 13.2 Å². The lowest BCUT2D eigenvalue weighted by Gasteiger charge is -2.39. The molecule has 26 heavy (non-hydrogen) atoms. The van der Waals surface area contributed by atoms with Gasteiger partial charge in [0.1, 0.15) is 0 Å². The van der Waals surface area contributed by atoms with E-state index in [2.05, 4.69) is 31.0 Å². The van der Waals surface area contributed by atoms with Gasteiger partial charge in [0.05, 0.1) is 5.75 Å². The Morgan fingerprint density at radius 2 is 1.65 bits per heavy atom. The minimum absolute atomic E-state index is 0.0625. The summed E-state index contributed by atoms with van der Waals surface area (Å²) in [4.78, 5) is 15.1. The van der Waals surface area contributed by atoms with Crippen LogP contribution in [-0.4, -0.2) is 68.0 Å². The molecule has 2 fully saturated rings. The van der Waals surface area contributed by atoms with E-state index < -0.39 is 10.0 Å². The Kier molecular flexibility index (Phi) is 7.91. The zero-order valence-corrected chi connectivity index (χ0v) is 17.7. The smallest absolute Gasteiger partial charge is 0.223 e. The number of sulfonamides is 1. The lowest BCUT2D eigenvalue weighted by atomic mass is 9.93. The normalized spacial score (nSPS) is 23.3. The van der Waals surface area contributed by atoms with Gasteiger partial charge in [-0.15, -0.1) is 0 Å². The molecule has 0 radical (unpaired) electrons. The second kappa shape index (κ2) is 9.51. The number of amides is 1. The number of hydrogen-bond acceptors (Lipinski definition) is 4. The maximum Gasteiger partial charge on any atom is 0.223 e. The predicted molar refractivity (Wildman–Crippen MR) is 105 cm³/mol. The van der Waals surface area contributed by atoms with Gasteiger partial charge in [-0.1, -0.05) is 20.8 Å². The first-order valence-corrected chi connectivity index (χ1v) is 11.8. The van der Waals surface area contributed by atoms with Gasteiger partial charge in [-0.05, 0) is 57.5 Å². The van der Waals surface area contributed by atoms with Gasteiger partial charge in [0, 0.05) is 31.6 Å². The second-order valence-electron chi connectivity index (χ2n) is 8.35. The summed E-state index contributed by atoms with van der Waals surface area (Å²) >= 11 is 0. The van der Waals surface area contributed by atoms with E-state index in [0.717, 1.165) is 19.0 Å². The summed E-state index contributed by atoms with van der Waals surface area (Å²) in [5, 5.41) is 3.16. The van der Waals surface area contributed by atoms with Crippen molar-refractivity contribution in [2.45, 2.75) is 59.4 Å². The highest BCUT2D eigenvalue weighted by Gasteiger charge is 2.31.